The van der Waals surface area contributed by atoms with Crippen LogP contribution in [-0.2, 0) is 0 Å². The first-order valence-electron chi connectivity index (χ1n) is 5.47. The summed E-state index contributed by atoms with van der Waals surface area (Å²) in [6.45, 7) is 4.80. The Kier molecular flexibility index (Phi) is 4.49. The third-order valence-electron chi connectivity index (χ3n) is 2.33. The second-order valence-corrected chi connectivity index (χ2v) is 4.02. The maximum absolute atomic E-state index is 8.90. The van der Waals surface area contributed by atoms with Crippen LogP contribution in [-0.4, -0.2) is 42.3 Å². The Labute approximate surface area is 96.5 Å². The number of aromatic nitrogens is 2. The molecule has 5 heteroatoms. The highest BCUT2D eigenvalue weighted by Gasteiger charge is 2.09. The van der Waals surface area contributed by atoms with Gasteiger partial charge in [-0.15, -0.1) is 0 Å². The minimum atomic E-state index is 0.117. The first-order chi connectivity index (χ1) is 7.58. The number of aliphatic hydroxyl groups is 1. The summed E-state index contributed by atoms with van der Waals surface area (Å²) in [5.41, 5.74) is 0. The van der Waals surface area contributed by atoms with E-state index in [4.69, 9.17) is 5.11 Å². The monoisotopic (exact) mass is 224 g/mol. The number of nitrogens with one attached hydrogen (secondary N) is 1. The Balaban J connectivity index is 3.03. The Morgan fingerprint density at radius 2 is 2.12 bits per heavy atom. The van der Waals surface area contributed by atoms with Gasteiger partial charge in [-0.05, 0) is 0 Å². The molecule has 0 amide bonds. The maximum atomic E-state index is 8.90. The van der Waals surface area contributed by atoms with Crippen molar-refractivity contribution in [3.8, 4) is 0 Å². The van der Waals surface area contributed by atoms with Gasteiger partial charge in [0.05, 0.1) is 6.61 Å². The van der Waals surface area contributed by atoms with E-state index in [0.717, 1.165) is 17.5 Å². The molecule has 1 heterocycles. The van der Waals surface area contributed by atoms with Crippen LogP contribution in [0.3, 0.4) is 0 Å². The number of hydrogen-bond acceptors (Lipinski definition) is 5. The fraction of sp³-hybridized carbons (Fsp3) is 0.636. The normalized spacial score (nSPS) is 10.6. The highest BCUT2D eigenvalue weighted by molar-refractivity contribution is 5.48. The molecule has 16 heavy (non-hydrogen) atoms. The third kappa shape index (κ3) is 3.06. The lowest BCUT2D eigenvalue weighted by Crippen LogP contribution is -2.23. The first-order valence-corrected chi connectivity index (χ1v) is 5.47. The smallest absolute Gasteiger partial charge is 0.135 e. The molecule has 0 saturated carbocycles. The second-order valence-electron chi connectivity index (χ2n) is 4.02. The predicted octanol–water partition coefficient (Wildman–Crippen LogP) is 1.07. The fourth-order valence-electron chi connectivity index (χ4n) is 1.30. The quantitative estimate of drug-likeness (QED) is 0.783. The van der Waals surface area contributed by atoms with Crippen molar-refractivity contribution in [1.82, 2.24) is 9.97 Å². The molecule has 0 fully saturated rings. The van der Waals surface area contributed by atoms with Crippen molar-refractivity contribution < 1.29 is 5.11 Å². The number of likely N-dealkylation sites (N-methyl/N-ethyl adjacent to an activating group) is 1. The van der Waals surface area contributed by atoms with Gasteiger partial charge < -0.3 is 15.3 Å². The van der Waals surface area contributed by atoms with Gasteiger partial charge in [0.15, 0.2) is 0 Å². The van der Waals surface area contributed by atoms with E-state index < -0.39 is 0 Å². The summed E-state index contributed by atoms with van der Waals surface area (Å²) in [5.74, 6) is 2.73. The van der Waals surface area contributed by atoms with Crippen molar-refractivity contribution in [2.24, 2.45) is 0 Å². The molecule has 1 rings (SSSR count). The van der Waals surface area contributed by atoms with E-state index >= 15 is 0 Å². The zero-order chi connectivity index (χ0) is 12.1. The van der Waals surface area contributed by atoms with Crippen LogP contribution in [0.4, 0.5) is 11.6 Å². The van der Waals surface area contributed by atoms with Crippen LogP contribution < -0.4 is 10.2 Å². The number of anilines is 2. The Bertz CT molecular complexity index is 341. The van der Waals surface area contributed by atoms with E-state index in [9.17, 15) is 0 Å². The molecule has 1 aromatic rings. The third-order valence-corrected chi connectivity index (χ3v) is 2.33. The zero-order valence-electron chi connectivity index (χ0n) is 10.4. The highest BCUT2D eigenvalue weighted by Crippen LogP contribution is 2.18. The van der Waals surface area contributed by atoms with E-state index in [1.807, 2.05) is 25.1 Å². The number of hydrogen-bond donors (Lipinski definition) is 2. The molecule has 5 nitrogen and oxygen atoms in total. The van der Waals surface area contributed by atoms with Gasteiger partial charge in [0.1, 0.15) is 17.5 Å². The molecule has 0 spiro atoms. The summed E-state index contributed by atoms with van der Waals surface area (Å²) in [6, 6.07) is 1.88. The molecule has 0 aliphatic heterocycles. The summed E-state index contributed by atoms with van der Waals surface area (Å²) in [6.07, 6.45) is 0. The minimum absolute atomic E-state index is 0.117. The van der Waals surface area contributed by atoms with Crippen molar-refractivity contribution in [1.29, 1.82) is 0 Å². The molecule has 0 aliphatic carbocycles. The molecular weight excluding hydrogens is 204 g/mol. The lowest BCUT2D eigenvalue weighted by Gasteiger charge is -2.19. The molecule has 90 valence electrons. The van der Waals surface area contributed by atoms with Crippen LogP contribution in [0.5, 0.6) is 0 Å². The van der Waals surface area contributed by atoms with E-state index in [1.165, 1.54) is 0 Å². The van der Waals surface area contributed by atoms with Crippen molar-refractivity contribution in [2.45, 2.75) is 19.8 Å². The van der Waals surface area contributed by atoms with Crippen LogP contribution >= 0.6 is 0 Å². The van der Waals surface area contributed by atoms with Crippen molar-refractivity contribution in [2.75, 3.05) is 37.5 Å². The van der Waals surface area contributed by atoms with Crippen LogP contribution in [0, 0.1) is 0 Å². The Hall–Kier alpha value is -1.36. The summed E-state index contributed by atoms with van der Waals surface area (Å²) >= 11 is 0. The van der Waals surface area contributed by atoms with Gasteiger partial charge in [-0.1, -0.05) is 13.8 Å². The molecule has 0 atom stereocenters. The van der Waals surface area contributed by atoms with Crippen LogP contribution in [0.2, 0.25) is 0 Å². The second kappa shape index (κ2) is 5.65. The van der Waals surface area contributed by atoms with Gasteiger partial charge in [0.2, 0.25) is 0 Å². The zero-order valence-corrected chi connectivity index (χ0v) is 10.4. The molecule has 0 saturated heterocycles. The Morgan fingerprint density at radius 1 is 1.44 bits per heavy atom. The van der Waals surface area contributed by atoms with E-state index in [2.05, 4.69) is 29.1 Å². The Morgan fingerprint density at radius 3 is 2.62 bits per heavy atom. The molecule has 0 unspecified atom stereocenters. The lowest BCUT2D eigenvalue weighted by atomic mass is 10.2. The molecule has 2 N–H and O–H groups in total. The number of aliphatic hydroxyl groups excluding tert-OH is 1. The summed E-state index contributed by atoms with van der Waals surface area (Å²) in [7, 11) is 3.74. The first kappa shape index (κ1) is 12.7. The van der Waals surface area contributed by atoms with Gasteiger partial charge >= 0.3 is 0 Å². The van der Waals surface area contributed by atoms with Crippen molar-refractivity contribution in [3.05, 3.63) is 11.9 Å². The van der Waals surface area contributed by atoms with E-state index in [-0.39, 0.29) is 12.5 Å². The molecule has 0 bridgehead atoms. The van der Waals surface area contributed by atoms with Gasteiger partial charge in [-0.2, -0.15) is 0 Å². The fourth-order valence-corrected chi connectivity index (χ4v) is 1.30. The molecule has 0 radical (unpaired) electrons. The van der Waals surface area contributed by atoms with Crippen LogP contribution in [0.1, 0.15) is 25.6 Å². The summed E-state index contributed by atoms with van der Waals surface area (Å²) in [5, 5.41) is 11.9. The predicted molar refractivity (Wildman–Crippen MR) is 66.0 cm³/mol. The summed E-state index contributed by atoms with van der Waals surface area (Å²) < 4.78 is 0. The number of rotatable bonds is 5. The topological polar surface area (TPSA) is 61.3 Å². The van der Waals surface area contributed by atoms with Gasteiger partial charge in [0, 0.05) is 32.6 Å². The minimum Gasteiger partial charge on any atom is -0.395 e. The van der Waals surface area contributed by atoms with E-state index in [1.54, 1.807) is 0 Å². The SMILES string of the molecule is CNc1cc(N(C)CCO)nc(C(C)C)n1. The van der Waals surface area contributed by atoms with Crippen molar-refractivity contribution >= 4 is 11.6 Å². The average Bonchev–Trinajstić information content (AvgIpc) is 2.28. The largest absolute Gasteiger partial charge is 0.395 e. The summed E-state index contributed by atoms with van der Waals surface area (Å²) in [4.78, 5) is 10.8. The van der Waals surface area contributed by atoms with Gasteiger partial charge in [0.25, 0.3) is 0 Å². The van der Waals surface area contributed by atoms with Gasteiger partial charge in [-0.25, -0.2) is 9.97 Å². The van der Waals surface area contributed by atoms with Crippen molar-refractivity contribution in [3.63, 3.8) is 0 Å². The lowest BCUT2D eigenvalue weighted by molar-refractivity contribution is 0.304. The standard InChI is InChI=1S/C11H20N4O/c1-8(2)11-13-9(12-3)7-10(14-11)15(4)5-6-16/h7-8,16H,5-6H2,1-4H3,(H,12,13,14). The van der Waals surface area contributed by atoms with Crippen LogP contribution in [0.15, 0.2) is 6.07 Å². The van der Waals surface area contributed by atoms with Gasteiger partial charge in [-0.3, -0.25) is 0 Å². The highest BCUT2D eigenvalue weighted by atomic mass is 16.3. The molecular formula is C11H20N4O. The van der Waals surface area contributed by atoms with Crippen LogP contribution in [0.25, 0.3) is 0 Å². The molecule has 1 aromatic heterocycles. The molecule has 0 aliphatic rings. The average molecular weight is 224 g/mol. The molecule has 0 aromatic carbocycles. The number of nitrogens with zero attached hydrogens (tertiary/aromatic N) is 3. The van der Waals surface area contributed by atoms with E-state index in [0.29, 0.717) is 6.54 Å². The maximum Gasteiger partial charge on any atom is 0.135 e.